The summed E-state index contributed by atoms with van der Waals surface area (Å²) in [4.78, 5) is 7.05. The highest BCUT2D eigenvalue weighted by molar-refractivity contribution is 6.09. The van der Waals surface area contributed by atoms with Gasteiger partial charge in [-0.15, -0.1) is 0 Å². The van der Waals surface area contributed by atoms with Crippen molar-refractivity contribution in [3.8, 4) is 0 Å². The van der Waals surface area contributed by atoms with E-state index in [1.54, 1.807) is 7.11 Å². The fraction of sp³-hybridized carbons (Fsp3) is 0.562. The van der Waals surface area contributed by atoms with Gasteiger partial charge in [0.15, 0.2) is 0 Å². The molecular formula is C16H22N2O. The number of rotatable bonds is 5. The van der Waals surface area contributed by atoms with E-state index in [1.165, 1.54) is 35.3 Å². The highest BCUT2D eigenvalue weighted by Crippen LogP contribution is 2.34. The Labute approximate surface area is 115 Å². The largest absolute Gasteiger partial charge is 0.497 e. The predicted molar refractivity (Wildman–Crippen MR) is 78.2 cm³/mol. The van der Waals surface area contributed by atoms with Gasteiger partial charge >= 0.3 is 0 Å². The van der Waals surface area contributed by atoms with E-state index in [0.717, 1.165) is 31.2 Å². The van der Waals surface area contributed by atoms with E-state index in [2.05, 4.69) is 36.1 Å². The molecule has 3 nitrogen and oxygen atoms in total. The smallest absolute Gasteiger partial charge is 0.118 e. The Balaban J connectivity index is 1.71. The molecule has 0 atom stereocenters. The molecule has 0 bridgehead atoms. The lowest BCUT2D eigenvalue weighted by molar-refractivity contribution is 0.298. The standard InChI is InChI=1S/C16H22N2O/c1-11-15(19-3)7-6-14-16(11)12(10-17-14)8-9-18(2)13-4-5-13/h7,10,13H,4-6,8-9H2,1-3H3. The summed E-state index contributed by atoms with van der Waals surface area (Å²) in [7, 11) is 3.98. The molecule has 0 radical (unpaired) electrons. The first-order chi connectivity index (χ1) is 9.20. The minimum Gasteiger partial charge on any atom is -0.497 e. The van der Waals surface area contributed by atoms with Crippen LogP contribution in [0.2, 0.25) is 0 Å². The van der Waals surface area contributed by atoms with Crippen molar-refractivity contribution < 1.29 is 4.74 Å². The monoisotopic (exact) mass is 258 g/mol. The Morgan fingerprint density at radius 1 is 1.42 bits per heavy atom. The topological polar surface area (TPSA) is 24.8 Å². The van der Waals surface area contributed by atoms with E-state index in [9.17, 15) is 0 Å². The van der Waals surface area contributed by atoms with E-state index < -0.39 is 0 Å². The van der Waals surface area contributed by atoms with Crippen LogP contribution in [0.1, 0.15) is 32.6 Å². The summed E-state index contributed by atoms with van der Waals surface area (Å²) in [6.07, 6.45) is 8.91. The van der Waals surface area contributed by atoms with Gasteiger partial charge in [0, 0.05) is 36.4 Å². The average Bonchev–Trinajstić information content (AvgIpc) is 3.18. The maximum absolute atomic E-state index is 5.44. The zero-order chi connectivity index (χ0) is 13.4. The van der Waals surface area contributed by atoms with Gasteiger partial charge in [0.2, 0.25) is 0 Å². The van der Waals surface area contributed by atoms with E-state index >= 15 is 0 Å². The third-order valence-electron chi connectivity index (χ3n) is 4.34. The molecule has 102 valence electrons. The fourth-order valence-corrected chi connectivity index (χ4v) is 2.97. The lowest BCUT2D eigenvalue weighted by atomic mass is 9.90. The van der Waals surface area contributed by atoms with E-state index in [-0.39, 0.29) is 0 Å². The number of nitrogens with zero attached hydrogens (tertiary/aromatic N) is 2. The maximum atomic E-state index is 5.44. The first-order valence-electron chi connectivity index (χ1n) is 7.13. The molecule has 1 fully saturated rings. The van der Waals surface area contributed by atoms with Crippen LogP contribution < -0.4 is 0 Å². The van der Waals surface area contributed by atoms with Crippen molar-refractivity contribution in [3.05, 3.63) is 34.8 Å². The van der Waals surface area contributed by atoms with Crippen LogP contribution in [0.3, 0.4) is 0 Å². The molecule has 0 aromatic heterocycles. The van der Waals surface area contributed by atoms with Gasteiger partial charge in [-0.2, -0.15) is 0 Å². The molecule has 19 heavy (non-hydrogen) atoms. The predicted octanol–water partition coefficient (Wildman–Crippen LogP) is 3.06. The van der Waals surface area contributed by atoms with Gasteiger partial charge in [-0.1, -0.05) is 0 Å². The first kappa shape index (κ1) is 12.7. The van der Waals surface area contributed by atoms with Crippen molar-refractivity contribution in [2.45, 2.75) is 38.6 Å². The molecule has 3 aliphatic rings. The molecule has 3 rings (SSSR count). The van der Waals surface area contributed by atoms with Gasteiger partial charge in [0.1, 0.15) is 5.76 Å². The molecule has 3 heteroatoms. The molecule has 0 aromatic carbocycles. The van der Waals surface area contributed by atoms with Crippen molar-refractivity contribution >= 4 is 5.71 Å². The highest BCUT2D eigenvalue weighted by atomic mass is 16.5. The number of aliphatic imine (C=N–C) groups is 1. The first-order valence-corrected chi connectivity index (χ1v) is 7.13. The number of allylic oxidation sites excluding steroid dienone is 3. The summed E-state index contributed by atoms with van der Waals surface area (Å²) in [6.45, 7) is 3.27. The Kier molecular flexibility index (Phi) is 3.31. The van der Waals surface area contributed by atoms with Crippen LogP contribution in [0.15, 0.2) is 39.7 Å². The maximum Gasteiger partial charge on any atom is 0.118 e. The fourth-order valence-electron chi connectivity index (χ4n) is 2.97. The van der Waals surface area contributed by atoms with E-state index in [0.29, 0.717) is 0 Å². The lowest BCUT2D eigenvalue weighted by Crippen LogP contribution is -2.22. The Morgan fingerprint density at radius 2 is 2.21 bits per heavy atom. The van der Waals surface area contributed by atoms with Crippen LogP contribution >= 0.6 is 0 Å². The lowest BCUT2D eigenvalue weighted by Gasteiger charge is -2.21. The second-order valence-corrected chi connectivity index (χ2v) is 5.67. The molecule has 0 unspecified atom stereocenters. The summed E-state index contributed by atoms with van der Waals surface area (Å²) in [5.74, 6) is 1.01. The van der Waals surface area contributed by atoms with Gasteiger partial charge in [-0.25, -0.2) is 0 Å². The van der Waals surface area contributed by atoms with Crippen LogP contribution in [0, 0.1) is 0 Å². The van der Waals surface area contributed by atoms with Gasteiger partial charge in [0.25, 0.3) is 0 Å². The molecule has 0 N–H and O–H groups in total. The molecule has 0 saturated heterocycles. The van der Waals surface area contributed by atoms with Crippen molar-refractivity contribution in [1.82, 2.24) is 4.90 Å². The molecule has 1 aliphatic heterocycles. The number of methoxy groups -OCH3 is 1. The highest BCUT2D eigenvalue weighted by Gasteiger charge is 2.28. The normalized spacial score (nSPS) is 22.2. The van der Waals surface area contributed by atoms with Crippen LogP contribution in [0.5, 0.6) is 0 Å². The summed E-state index contributed by atoms with van der Waals surface area (Å²) in [5.41, 5.74) is 5.17. The number of fused-ring (bicyclic) bond motifs is 1. The van der Waals surface area contributed by atoms with Gasteiger partial charge in [-0.3, -0.25) is 4.99 Å². The molecule has 0 spiro atoms. The van der Waals surface area contributed by atoms with Crippen LogP contribution in [-0.4, -0.2) is 37.4 Å². The second kappa shape index (κ2) is 4.97. The number of hydrogen-bond acceptors (Lipinski definition) is 3. The second-order valence-electron chi connectivity index (χ2n) is 5.67. The van der Waals surface area contributed by atoms with Gasteiger partial charge in [-0.05, 0) is 44.9 Å². The zero-order valence-corrected chi connectivity index (χ0v) is 12.1. The van der Waals surface area contributed by atoms with Crippen LogP contribution in [-0.2, 0) is 4.74 Å². The average molecular weight is 258 g/mol. The third kappa shape index (κ3) is 2.39. The Hall–Kier alpha value is -1.35. The van der Waals surface area contributed by atoms with Crippen molar-refractivity contribution in [2.24, 2.45) is 4.99 Å². The van der Waals surface area contributed by atoms with Crippen LogP contribution in [0.4, 0.5) is 0 Å². The zero-order valence-electron chi connectivity index (χ0n) is 12.1. The van der Waals surface area contributed by atoms with Gasteiger partial charge in [0.05, 0.1) is 12.8 Å². The third-order valence-corrected chi connectivity index (χ3v) is 4.34. The van der Waals surface area contributed by atoms with Crippen LogP contribution in [0.25, 0.3) is 0 Å². The number of ether oxygens (including phenoxy) is 1. The Bertz CT molecular complexity index is 507. The molecule has 0 aromatic rings. The minimum absolute atomic E-state index is 0.832. The van der Waals surface area contributed by atoms with Gasteiger partial charge < -0.3 is 9.64 Å². The quantitative estimate of drug-likeness (QED) is 0.757. The molecule has 2 aliphatic carbocycles. The summed E-state index contributed by atoms with van der Waals surface area (Å²) in [5, 5.41) is 0. The molecular weight excluding hydrogens is 236 g/mol. The van der Waals surface area contributed by atoms with E-state index in [4.69, 9.17) is 4.74 Å². The molecule has 1 heterocycles. The minimum atomic E-state index is 0.832. The van der Waals surface area contributed by atoms with Crippen molar-refractivity contribution in [3.63, 3.8) is 0 Å². The van der Waals surface area contributed by atoms with E-state index in [1.807, 2.05) is 0 Å². The van der Waals surface area contributed by atoms with Crippen molar-refractivity contribution in [1.29, 1.82) is 0 Å². The molecule has 0 amide bonds. The summed E-state index contributed by atoms with van der Waals surface area (Å²) in [6, 6.07) is 0.832. The van der Waals surface area contributed by atoms with Crippen molar-refractivity contribution in [2.75, 3.05) is 20.7 Å². The summed E-state index contributed by atoms with van der Waals surface area (Å²) < 4.78 is 5.44. The summed E-state index contributed by atoms with van der Waals surface area (Å²) >= 11 is 0. The molecule has 1 saturated carbocycles. The SMILES string of the molecule is COC1=CCC2=NC=C(CCN(C)C3CC3)C2=C1C. The number of hydrogen-bond donors (Lipinski definition) is 0. The Morgan fingerprint density at radius 3 is 2.89 bits per heavy atom.